The minimum absolute atomic E-state index is 0.0239. The molecule has 2 aromatic rings. The Morgan fingerprint density at radius 1 is 1.33 bits per heavy atom. The summed E-state index contributed by atoms with van der Waals surface area (Å²) in [5.41, 5.74) is 1.25. The van der Waals surface area contributed by atoms with Crippen LogP contribution in [0, 0.1) is 0 Å². The van der Waals surface area contributed by atoms with Crippen LogP contribution in [0.5, 0.6) is 0 Å². The summed E-state index contributed by atoms with van der Waals surface area (Å²) in [5.74, 6) is -0.657. The molecule has 4 nitrogen and oxygen atoms in total. The van der Waals surface area contributed by atoms with Crippen LogP contribution in [0.4, 0.5) is 0 Å². The van der Waals surface area contributed by atoms with Gasteiger partial charge >= 0.3 is 5.97 Å². The molecule has 0 saturated heterocycles. The lowest BCUT2D eigenvalue weighted by atomic mass is 10.0. The molecule has 0 bridgehead atoms. The van der Waals surface area contributed by atoms with Gasteiger partial charge < -0.3 is 10.1 Å². The highest BCUT2D eigenvalue weighted by atomic mass is 35.5. The number of esters is 1. The molecule has 0 spiro atoms. The Balaban J connectivity index is 2.22. The Kier molecular flexibility index (Phi) is 5.36. The summed E-state index contributed by atoms with van der Waals surface area (Å²) in [6.45, 7) is 0. The molecule has 1 N–H and O–H groups in total. The maximum absolute atomic E-state index is 12.2. The maximum atomic E-state index is 12.2. The molecule has 0 aliphatic carbocycles. The molecule has 6 heteroatoms. The molecule has 0 saturated carbocycles. The molecule has 21 heavy (non-hydrogen) atoms. The van der Waals surface area contributed by atoms with E-state index in [4.69, 9.17) is 11.6 Å². The van der Waals surface area contributed by atoms with E-state index in [9.17, 15) is 9.59 Å². The third-order valence-corrected chi connectivity index (χ3v) is 4.00. The van der Waals surface area contributed by atoms with Gasteiger partial charge in [-0.05, 0) is 23.1 Å². The lowest BCUT2D eigenvalue weighted by Crippen LogP contribution is -2.30. The van der Waals surface area contributed by atoms with Gasteiger partial charge in [-0.15, -0.1) is 0 Å². The second kappa shape index (κ2) is 7.24. The van der Waals surface area contributed by atoms with Gasteiger partial charge in [-0.3, -0.25) is 9.59 Å². The van der Waals surface area contributed by atoms with E-state index in [1.54, 1.807) is 29.6 Å². The van der Waals surface area contributed by atoms with Crippen molar-refractivity contribution < 1.29 is 14.3 Å². The van der Waals surface area contributed by atoms with E-state index in [1.807, 2.05) is 11.4 Å². The summed E-state index contributed by atoms with van der Waals surface area (Å²) in [7, 11) is 1.31. The molecular weight excluding hydrogens is 310 g/mol. The molecule has 2 rings (SSSR count). The predicted molar refractivity (Wildman–Crippen MR) is 82.6 cm³/mol. The number of hydrogen-bond acceptors (Lipinski definition) is 4. The van der Waals surface area contributed by atoms with Crippen LogP contribution in [-0.2, 0) is 9.53 Å². The number of rotatable bonds is 5. The third-order valence-electron chi connectivity index (χ3n) is 2.97. The van der Waals surface area contributed by atoms with Crippen LogP contribution >= 0.6 is 22.9 Å². The molecule has 0 aliphatic heterocycles. The van der Waals surface area contributed by atoms with Gasteiger partial charge in [0.05, 0.1) is 25.1 Å². The quantitative estimate of drug-likeness (QED) is 0.858. The summed E-state index contributed by atoms with van der Waals surface area (Å²) in [4.78, 5) is 23.7. The zero-order valence-corrected chi connectivity index (χ0v) is 12.9. The number of nitrogens with one attached hydrogen (secondary N) is 1. The van der Waals surface area contributed by atoms with Crippen molar-refractivity contribution in [3.8, 4) is 0 Å². The van der Waals surface area contributed by atoms with Crippen LogP contribution in [0.25, 0.3) is 0 Å². The fraction of sp³-hybridized carbons (Fsp3) is 0.200. The zero-order valence-electron chi connectivity index (χ0n) is 11.3. The first-order chi connectivity index (χ1) is 10.1. The third kappa shape index (κ3) is 4.06. The Morgan fingerprint density at radius 3 is 2.71 bits per heavy atom. The minimum atomic E-state index is -0.529. The van der Waals surface area contributed by atoms with Crippen LogP contribution in [0.3, 0.4) is 0 Å². The van der Waals surface area contributed by atoms with Gasteiger partial charge in [0.1, 0.15) is 0 Å². The maximum Gasteiger partial charge on any atom is 0.307 e. The number of benzene rings is 1. The highest BCUT2D eigenvalue weighted by Gasteiger charge is 2.21. The van der Waals surface area contributed by atoms with E-state index in [2.05, 4.69) is 10.1 Å². The number of halogens is 1. The summed E-state index contributed by atoms with van der Waals surface area (Å²) >= 11 is 7.59. The molecule has 0 aliphatic rings. The molecule has 1 aromatic carbocycles. The second-order valence-corrected chi connectivity index (χ2v) is 5.53. The normalized spacial score (nSPS) is 11.7. The average molecular weight is 324 g/mol. The van der Waals surface area contributed by atoms with Gasteiger partial charge in [-0.2, -0.15) is 11.3 Å². The van der Waals surface area contributed by atoms with Crippen molar-refractivity contribution in [1.82, 2.24) is 5.32 Å². The van der Waals surface area contributed by atoms with Crippen molar-refractivity contribution in [2.75, 3.05) is 7.11 Å². The average Bonchev–Trinajstić information content (AvgIpc) is 3.01. The van der Waals surface area contributed by atoms with Gasteiger partial charge in [-0.25, -0.2) is 0 Å². The van der Waals surface area contributed by atoms with E-state index < -0.39 is 12.0 Å². The standard InChI is InChI=1S/C15H14ClNO3S/c1-20-14(18)8-13(11-4-2-3-5-12(11)16)17-15(19)10-6-7-21-9-10/h2-7,9,13H,8H2,1H3,(H,17,19). The molecule has 0 fully saturated rings. The van der Waals surface area contributed by atoms with Crippen LogP contribution < -0.4 is 5.32 Å². The van der Waals surface area contributed by atoms with Crippen molar-refractivity contribution >= 4 is 34.8 Å². The van der Waals surface area contributed by atoms with Gasteiger partial charge in [0.15, 0.2) is 0 Å². The van der Waals surface area contributed by atoms with E-state index in [-0.39, 0.29) is 12.3 Å². The molecule has 1 amide bonds. The van der Waals surface area contributed by atoms with Crippen molar-refractivity contribution in [3.05, 3.63) is 57.2 Å². The number of methoxy groups -OCH3 is 1. The first-order valence-electron chi connectivity index (χ1n) is 6.26. The highest BCUT2D eigenvalue weighted by molar-refractivity contribution is 7.08. The zero-order chi connectivity index (χ0) is 15.2. The topological polar surface area (TPSA) is 55.4 Å². The number of carbonyl (C=O) groups is 2. The first kappa shape index (κ1) is 15.5. The van der Waals surface area contributed by atoms with Crippen LogP contribution in [0.2, 0.25) is 5.02 Å². The molecule has 110 valence electrons. The van der Waals surface area contributed by atoms with Gasteiger partial charge in [0.2, 0.25) is 0 Å². The van der Waals surface area contributed by atoms with Gasteiger partial charge in [0.25, 0.3) is 5.91 Å². The van der Waals surface area contributed by atoms with E-state index in [1.165, 1.54) is 18.4 Å². The van der Waals surface area contributed by atoms with E-state index >= 15 is 0 Å². The molecule has 1 unspecified atom stereocenters. The summed E-state index contributed by atoms with van der Waals surface area (Å²) in [5, 5.41) is 6.89. The molecular formula is C15H14ClNO3S. The van der Waals surface area contributed by atoms with Crippen molar-refractivity contribution in [2.45, 2.75) is 12.5 Å². The summed E-state index contributed by atoms with van der Waals surface area (Å²) in [6, 6.07) is 8.30. The molecule has 1 atom stereocenters. The van der Waals surface area contributed by atoms with Crippen LogP contribution in [0.1, 0.15) is 28.4 Å². The Labute approximate surface area is 131 Å². The monoisotopic (exact) mass is 323 g/mol. The first-order valence-corrected chi connectivity index (χ1v) is 7.58. The van der Waals surface area contributed by atoms with Crippen molar-refractivity contribution in [2.24, 2.45) is 0 Å². The molecule has 0 radical (unpaired) electrons. The van der Waals surface area contributed by atoms with Crippen LogP contribution in [-0.4, -0.2) is 19.0 Å². The van der Waals surface area contributed by atoms with Crippen LogP contribution in [0.15, 0.2) is 41.1 Å². The van der Waals surface area contributed by atoms with E-state index in [0.717, 1.165) is 0 Å². The summed E-state index contributed by atoms with van der Waals surface area (Å²) in [6.07, 6.45) is 0.0239. The number of carbonyl (C=O) groups excluding carboxylic acids is 2. The second-order valence-electron chi connectivity index (χ2n) is 4.34. The van der Waals surface area contributed by atoms with Crippen molar-refractivity contribution in [3.63, 3.8) is 0 Å². The number of ether oxygens (including phenoxy) is 1. The summed E-state index contributed by atoms with van der Waals surface area (Å²) < 4.78 is 4.68. The Bertz CT molecular complexity index is 628. The van der Waals surface area contributed by atoms with Gasteiger partial charge in [0, 0.05) is 10.4 Å². The minimum Gasteiger partial charge on any atom is -0.469 e. The number of amides is 1. The fourth-order valence-electron chi connectivity index (χ4n) is 1.88. The van der Waals surface area contributed by atoms with Crippen molar-refractivity contribution in [1.29, 1.82) is 0 Å². The molecule has 1 aromatic heterocycles. The smallest absolute Gasteiger partial charge is 0.307 e. The van der Waals surface area contributed by atoms with E-state index in [0.29, 0.717) is 16.1 Å². The van der Waals surface area contributed by atoms with Gasteiger partial charge in [-0.1, -0.05) is 29.8 Å². The predicted octanol–water partition coefficient (Wildman–Crippen LogP) is 3.44. The lowest BCUT2D eigenvalue weighted by Gasteiger charge is -2.19. The lowest BCUT2D eigenvalue weighted by molar-refractivity contribution is -0.141. The number of hydrogen-bond donors (Lipinski definition) is 1. The number of thiophene rings is 1. The fourth-order valence-corrected chi connectivity index (χ4v) is 2.79. The SMILES string of the molecule is COC(=O)CC(NC(=O)c1ccsc1)c1ccccc1Cl. The highest BCUT2D eigenvalue weighted by Crippen LogP contribution is 2.26. The Morgan fingerprint density at radius 2 is 2.10 bits per heavy atom. The molecule has 1 heterocycles. The Hall–Kier alpha value is -1.85. The largest absolute Gasteiger partial charge is 0.469 e.